The molecule has 1 aromatic carbocycles. The standard InChI is InChI=1S/C16H15ClN2O3/c1-10-3-5-13(22-10)6-8-16(21)19-15-9-12(18-11(2)20)4-7-14(15)17/h3-9H,1-2H3,(H,18,20)(H,19,21)/b8-6+. The third-order valence-corrected chi connectivity index (χ3v) is 3.03. The van der Waals surface area contributed by atoms with E-state index < -0.39 is 0 Å². The summed E-state index contributed by atoms with van der Waals surface area (Å²) in [4.78, 5) is 22.9. The van der Waals surface area contributed by atoms with E-state index in [9.17, 15) is 9.59 Å². The monoisotopic (exact) mass is 318 g/mol. The van der Waals surface area contributed by atoms with E-state index in [1.54, 1.807) is 30.3 Å². The van der Waals surface area contributed by atoms with Gasteiger partial charge in [-0.05, 0) is 43.3 Å². The molecule has 2 N–H and O–H groups in total. The van der Waals surface area contributed by atoms with Gasteiger partial charge in [0.15, 0.2) is 0 Å². The normalized spacial score (nSPS) is 10.7. The fourth-order valence-corrected chi connectivity index (χ4v) is 1.94. The number of anilines is 2. The molecule has 2 aromatic rings. The van der Waals surface area contributed by atoms with Gasteiger partial charge in [0.1, 0.15) is 11.5 Å². The molecule has 0 spiro atoms. The molecule has 0 aliphatic heterocycles. The molecule has 0 unspecified atom stereocenters. The van der Waals surface area contributed by atoms with Crippen molar-refractivity contribution < 1.29 is 14.0 Å². The minimum atomic E-state index is -0.351. The van der Waals surface area contributed by atoms with E-state index >= 15 is 0 Å². The van der Waals surface area contributed by atoms with Crippen LogP contribution in [0, 0.1) is 6.92 Å². The Hall–Kier alpha value is -2.53. The summed E-state index contributed by atoms with van der Waals surface area (Å²) in [5, 5.41) is 5.65. The summed E-state index contributed by atoms with van der Waals surface area (Å²) in [7, 11) is 0. The summed E-state index contributed by atoms with van der Waals surface area (Å²) in [6.07, 6.45) is 2.91. The van der Waals surface area contributed by atoms with Gasteiger partial charge in [-0.25, -0.2) is 0 Å². The molecular weight excluding hydrogens is 304 g/mol. The van der Waals surface area contributed by atoms with Crippen molar-refractivity contribution in [1.82, 2.24) is 0 Å². The highest BCUT2D eigenvalue weighted by Crippen LogP contribution is 2.25. The number of nitrogens with one attached hydrogen (secondary N) is 2. The Kier molecular flexibility index (Phi) is 5.01. The number of hydrogen-bond acceptors (Lipinski definition) is 3. The van der Waals surface area contributed by atoms with Crippen LogP contribution in [0.3, 0.4) is 0 Å². The SMILES string of the molecule is CC(=O)Nc1ccc(Cl)c(NC(=O)/C=C/c2ccc(C)o2)c1. The van der Waals surface area contributed by atoms with Crippen molar-refractivity contribution in [3.63, 3.8) is 0 Å². The Labute approximate surface area is 133 Å². The van der Waals surface area contributed by atoms with Crippen LogP contribution in [0.2, 0.25) is 5.02 Å². The molecule has 2 rings (SSSR count). The fourth-order valence-electron chi connectivity index (χ4n) is 1.78. The first-order valence-electron chi connectivity index (χ1n) is 6.56. The number of amides is 2. The van der Waals surface area contributed by atoms with E-state index in [0.717, 1.165) is 5.76 Å². The lowest BCUT2D eigenvalue weighted by Crippen LogP contribution is -2.10. The molecular formula is C16H15ClN2O3. The summed E-state index contributed by atoms with van der Waals surface area (Å²) in [6, 6.07) is 8.42. The number of carbonyl (C=O) groups is 2. The van der Waals surface area contributed by atoms with Crippen molar-refractivity contribution in [2.75, 3.05) is 10.6 Å². The molecule has 0 aliphatic rings. The molecule has 22 heavy (non-hydrogen) atoms. The van der Waals surface area contributed by atoms with Gasteiger partial charge in [-0.3, -0.25) is 9.59 Å². The molecule has 0 bridgehead atoms. The quantitative estimate of drug-likeness (QED) is 0.841. The average molecular weight is 319 g/mol. The second-order valence-electron chi connectivity index (χ2n) is 4.65. The lowest BCUT2D eigenvalue weighted by molar-refractivity contribution is -0.114. The highest BCUT2D eigenvalue weighted by Gasteiger charge is 2.06. The third-order valence-electron chi connectivity index (χ3n) is 2.70. The van der Waals surface area contributed by atoms with Crippen molar-refractivity contribution in [1.29, 1.82) is 0 Å². The molecule has 0 atom stereocenters. The smallest absolute Gasteiger partial charge is 0.248 e. The van der Waals surface area contributed by atoms with Crippen molar-refractivity contribution in [3.8, 4) is 0 Å². The van der Waals surface area contributed by atoms with Crippen LogP contribution in [0.5, 0.6) is 0 Å². The molecule has 6 heteroatoms. The van der Waals surface area contributed by atoms with Crippen LogP contribution < -0.4 is 10.6 Å². The maximum Gasteiger partial charge on any atom is 0.248 e. The van der Waals surface area contributed by atoms with Crippen LogP contribution in [-0.2, 0) is 9.59 Å². The largest absolute Gasteiger partial charge is 0.462 e. The maximum absolute atomic E-state index is 11.9. The van der Waals surface area contributed by atoms with Crippen molar-refractivity contribution >= 4 is 40.9 Å². The zero-order valence-corrected chi connectivity index (χ0v) is 12.9. The van der Waals surface area contributed by atoms with Gasteiger partial charge in [0.25, 0.3) is 0 Å². The topological polar surface area (TPSA) is 71.3 Å². The molecule has 5 nitrogen and oxygen atoms in total. The Morgan fingerprint density at radius 2 is 1.95 bits per heavy atom. The lowest BCUT2D eigenvalue weighted by Gasteiger charge is -2.08. The summed E-state index contributed by atoms with van der Waals surface area (Å²) in [5.74, 6) is 0.806. The van der Waals surface area contributed by atoms with E-state index in [2.05, 4.69) is 10.6 Å². The molecule has 0 radical (unpaired) electrons. The van der Waals surface area contributed by atoms with E-state index in [1.165, 1.54) is 13.0 Å². The van der Waals surface area contributed by atoms with Crippen LogP contribution in [0.25, 0.3) is 6.08 Å². The zero-order chi connectivity index (χ0) is 16.1. The summed E-state index contributed by atoms with van der Waals surface area (Å²) < 4.78 is 5.33. The Morgan fingerprint density at radius 1 is 1.18 bits per heavy atom. The fraction of sp³-hybridized carbons (Fsp3) is 0.125. The van der Waals surface area contributed by atoms with Crippen LogP contribution in [0.4, 0.5) is 11.4 Å². The first-order valence-corrected chi connectivity index (χ1v) is 6.94. The number of carbonyl (C=O) groups excluding carboxylic acids is 2. The Morgan fingerprint density at radius 3 is 2.59 bits per heavy atom. The molecule has 1 heterocycles. The molecule has 0 aliphatic carbocycles. The molecule has 2 amide bonds. The molecule has 114 valence electrons. The number of aryl methyl sites for hydroxylation is 1. The number of rotatable bonds is 4. The first kappa shape index (κ1) is 15.9. The molecule has 0 fully saturated rings. The predicted octanol–water partition coefficient (Wildman–Crippen LogP) is 3.85. The van der Waals surface area contributed by atoms with Crippen LogP contribution in [-0.4, -0.2) is 11.8 Å². The van der Waals surface area contributed by atoms with Crippen molar-refractivity contribution in [2.45, 2.75) is 13.8 Å². The maximum atomic E-state index is 11.9. The number of furan rings is 1. The van der Waals surface area contributed by atoms with Crippen LogP contribution in [0.15, 0.2) is 40.8 Å². The van der Waals surface area contributed by atoms with E-state index in [1.807, 2.05) is 13.0 Å². The number of benzene rings is 1. The van der Waals surface area contributed by atoms with Gasteiger partial charge in [0.2, 0.25) is 11.8 Å². The van der Waals surface area contributed by atoms with Crippen molar-refractivity contribution in [3.05, 3.63) is 53.0 Å². The second-order valence-corrected chi connectivity index (χ2v) is 5.05. The van der Waals surface area contributed by atoms with E-state index in [-0.39, 0.29) is 11.8 Å². The van der Waals surface area contributed by atoms with E-state index in [4.69, 9.17) is 16.0 Å². The van der Waals surface area contributed by atoms with Gasteiger partial charge in [-0.1, -0.05) is 11.6 Å². The molecule has 1 aromatic heterocycles. The summed E-state index contributed by atoms with van der Waals surface area (Å²) >= 11 is 6.03. The lowest BCUT2D eigenvalue weighted by atomic mass is 10.2. The first-order chi connectivity index (χ1) is 10.4. The predicted molar refractivity (Wildman–Crippen MR) is 86.9 cm³/mol. The summed E-state index contributed by atoms with van der Waals surface area (Å²) in [5.41, 5.74) is 0.969. The zero-order valence-electron chi connectivity index (χ0n) is 12.1. The Bertz CT molecular complexity index is 735. The second kappa shape index (κ2) is 6.95. The van der Waals surface area contributed by atoms with Gasteiger partial charge >= 0.3 is 0 Å². The number of halogens is 1. The average Bonchev–Trinajstić information content (AvgIpc) is 2.85. The van der Waals surface area contributed by atoms with Crippen LogP contribution >= 0.6 is 11.6 Å². The van der Waals surface area contributed by atoms with Gasteiger partial charge in [0.05, 0.1) is 10.7 Å². The third kappa shape index (κ3) is 4.49. The van der Waals surface area contributed by atoms with Crippen molar-refractivity contribution in [2.24, 2.45) is 0 Å². The van der Waals surface area contributed by atoms with E-state index in [0.29, 0.717) is 22.2 Å². The number of hydrogen-bond donors (Lipinski definition) is 2. The van der Waals surface area contributed by atoms with Gasteiger partial charge in [-0.2, -0.15) is 0 Å². The van der Waals surface area contributed by atoms with Gasteiger partial charge in [0, 0.05) is 18.7 Å². The Balaban J connectivity index is 2.07. The highest BCUT2D eigenvalue weighted by atomic mass is 35.5. The molecule has 0 saturated carbocycles. The van der Waals surface area contributed by atoms with Crippen LogP contribution in [0.1, 0.15) is 18.4 Å². The minimum absolute atomic E-state index is 0.201. The van der Waals surface area contributed by atoms with Gasteiger partial charge < -0.3 is 15.1 Å². The summed E-state index contributed by atoms with van der Waals surface area (Å²) in [6.45, 7) is 3.23. The minimum Gasteiger partial charge on any atom is -0.462 e. The molecule has 0 saturated heterocycles. The van der Waals surface area contributed by atoms with Gasteiger partial charge in [-0.15, -0.1) is 0 Å². The highest BCUT2D eigenvalue weighted by molar-refractivity contribution is 6.34.